The van der Waals surface area contributed by atoms with Gasteiger partial charge in [-0.3, -0.25) is 4.79 Å². The van der Waals surface area contributed by atoms with E-state index >= 15 is 0 Å². The Bertz CT molecular complexity index is 699. The lowest BCUT2D eigenvalue weighted by Gasteiger charge is -2.27. The number of ether oxygens (including phenoxy) is 1. The Balaban J connectivity index is 2.23. The topological polar surface area (TPSA) is 55.4 Å². The molecule has 4 nitrogen and oxygen atoms in total. The van der Waals surface area contributed by atoms with E-state index in [9.17, 15) is 9.59 Å². The van der Waals surface area contributed by atoms with Crippen molar-refractivity contribution in [2.24, 2.45) is 5.92 Å². The molecule has 1 atom stereocenters. The van der Waals surface area contributed by atoms with Gasteiger partial charge in [0, 0.05) is 18.0 Å². The third-order valence-electron chi connectivity index (χ3n) is 4.00. The first-order valence-electron chi connectivity index (χ1n) is 8.07. The predicted molar refractivity (Wildman–Crippen MR) is 93.8 cm³/mol. The Kier molecular flexibility index (Phi) is 6.13. The second-order valence-electron chi connectivity index (χ2n) is 5.69. The summed E-state index contributed by atoms with van der Waals surface area (Å²) in [7, 11) is 0. The lowest BCUT2D eigenvalue weighted by molar-refractivity contribution is -0.141. The SMILES string of the molecule is C/C=C\C(=C/C)C1CC(=O)NC(C)=C1C(=O)OCc1ccccc1. The molecule has 1 aromatic rings. The van der Waals surface area contributed by atoms with Gasteiger partial charge >= 0.3 is 5.97 Å². The first-order chi connectivity index (χ1) is 11.6. The fourth-order valence-corrected chi connectivity index (χ4v) is 2.86. The van der Waals surface area contributed by atoms with E-state index in [1.807, 2.05) is 62.4 Å². The van der Waals surface area contributed by atoms with Crippen molar-refractivity contribution in [2.75, 3.05) is 0 Å². The Hall–Kier alpha value is -2.62. The molecule has 0 spiro atoms. The van der Waals surface area contributed by atoms with Crippen LogP contribution in [0.1, 0.15) is 32.8 Å². The zero-order chi connectivity index (χ0) is 17.5. The average Bonchev–Trinajstić information content (AvgIpc) is 2.57. The molecule has 1 unspecified atom stereocenters. The van der Waals surface area contributed by atoms with Crippen LogP contribution in [0, 0.1) is 5.92 Å². The summed E-state index contributed by atoms with van der Waals surface area (Å²) in [4.78, 5) is 24.5. The molecule has 24 heavy (non-hydrogen) atoms. The molecule has 1 heterocycles. The number of amides is 1. The molecule has 0 saturated carbocycles. The Morgan fingerprint density at radius 1 is 1.29 bits per heavy atom. The van der Waals surface area contributed by atoms with Crippen LogP contribution in [0.5, 0.6) is 0 Å². The van der Waals surface area contributed by atoms with Gasteiger partial charge in [-0.1, -0.05) is 48.6 Å². The largest absolute Gasteiger partial charge is 0.457 e. The maximum absolute atomic E-state index is 12.6. The van der Waals surface area contributed by atoms with Crippen LogP contribution in [0.15, 0.2) is 65.4 Å². The molecule has 0 bridgehead atoms. The number of carbonyl (C=O) groups is 2. The summed E-state index contributed by atoms with van der Waals surface area (Å²) in [5.74, 6) is -0.741. The molecule has 0 aliphatic carbocycles. The minimum Gasteiger partial charge on any atom is -0.457 e. The van der Waals surface area contributed by atoms with Crippen molar-refractivity contribution in [3.8, 4) is 0 Å². The van der Waals surface area contributed by atoms with E-state index in [2.05, 4.69) is 5.32 Å². The molecule has 0 fully saturated rings. The molecule has 0 saturated heterocycles. The molecule has 1 amide bonds. The smallest absolute Gasteiger partial charge is 0.336 e. The van der Waals surface area contributed by atoms with Gasteiger partial charge in [-0.15, -0.1) is 0 Å². The van der Waals surface area contributed by atoms with Crippen molar-refractivity contribution in [2.45, 2.75) is 33.8 Å². The zero-order valence-corrected chi connectivity index (χ0v) is 14.3. The molecule has 1 N–H and O–H groups in total. The van der Waals surface area contributed by atoms with Crippen molar-refractivity contribution in [1.29, 1.82) is 0 Å². The zero-order valence-electron chi connectivity index (χ0n) is 14.3. The van der Waals surface area contributed by atoms with Gasteiger partial charge in [0.1, 0.15) is 6.61 Å². The van der Waals surface area contributed by atoms with Crippen molar-refractivity contribution in [3.05, 3.63) is 71.0 Å². The van der Waals surface area contributed by atoms with E-state index in [-0.39, 0.29) is 30.8 Å². The first-order valence-corrected chi connectivity index (χ1v) is 8.07. The summed E-state index contributed by atoms with van der Waals surface area (Å²) >= 11 is 0. The summed E-state index contributed by atoms with van der Waals surface area (Å²) in [5, 5.41) is 2.75. The molecule has 1 aliphatic heterocycles. The Morgan fingerprint density at radius 2 is 2.00 bits per heavy atom. The molecule has 1 aliphatic rings. The van der Waals surface area contributed by atoms with Gasteiger partial charge in [0.2, 0.25) is 5.91 Å². The van der Waals surface area contributed by atoms with Crippen LogP contribution in [0.3, 0.4) is 0 Å². The number of nitrogens with one attached hydrogen (secondary N) is 1. The van der Waals surface area contributed by atoms with Gasteiger partial charge in [0.25, 0.3) is 0 Å². The number of rotatable bonds is 5. The van der Waals surface area contributed by atoms with E-state index in [4.69, 9.17) is 4.74 Å². The summed E-state index contributed by atoms with van der Waals surface area (Å²) < 4.78 is 5.48. The minimum absolute atomic E-state index is 0.0824. The van der Waals surface area contributed by atoms with Crippen LogP contribution < -0.4 is 5.32 Å². The quantitative estimate of drug-likeness (QED) is 0.664. The highest BCUT2D eigenvalue weighted by Gasteiger charge is 2.32. The van der Waals surface area contributed by atoms with Crippen molar-refractivity contribution in [3.63, 3.8) is 0 Å². The fraction of sp³-hybridized carbons (Fsp3) is 0.300. The Morgan fingerprint density at radius 3 is 2.62 bits per heavy atom. The monoisotopic (exact) mass is 325 g/mol. The lowest BCUT2D eigenvalue weighted by atomic mass is 9.83. The second-order valence-corrected chi connectivity index (χ2v) is 5.69. The van der Waals surface area contributed by atoms with Crippen molar-refractivity contribution >= 4 is 11.9 Å². The predicted octanol–water partition coefficient (Wildman–Crippen LogP) is 3.66. The number of carbonyl (C=O) groups excluding carboxylic acids is 2. The number of benzene rings is 1. The molecule has 2 rings (SSSR count). The first kappa shape index (κ1) is 17.7. The van der Waals surface area contributed by atoms with Gasteiger partial charge in [-0.25, -0.2) is 4.79 Å². The van der Waals surface area contributed by atoms with Crippen molar-refractivity contribution in [1.82, 2.24) is 5.32 Å². The van der Waals surface area contributed by atoms with Crippen molar-refractivity contribution < 1.29 is 14.3 Å². The normalized spacial score (nSPS) is 18.7. The van der Waals surface area contributed by atoms with Crippen LogP contribution in [0.25, 0.3) is 0 Å². The van der Waals surface area contributed by atoms with Crippen LogP contribution >= 0.6 is 0 Å². The third-order valence-corrected chi connectivity index (χ3v) is 4.00. The molecule has 126 valence electrons. The van der Waals surface area contributed by atoms with Crippen LogP contribution in [-0.2, 0) is 20.9 Å². The van der Waals surface area contributed by atoms with E-state index < -0.39 is 0 Å². The van der Waals surface area contributed by atoms with Gasteiger partial charge < -0.3 is 10.1 Å². The standard InChI is InChI=1S/C20H23NO3/c1-4-9-16(5-2)17-12-18(22)21-14(3)19(17)20(23)24-13-15-10-7-6-8-11-15/h4-11,17H,12-13H2,1-3H3,(H,21,22)/b9-4-,16-5+. The average molecular weight is 325 g/mol. The van der Waals surface area contributed by atoms with Gasteiger partial charge in [-0.2, -0.15) is 0 Å². The number of hydrogen-bond acceptors (Lipinski definition) is 3. The molecule has 4 heteroatoms. The summed E-state index contributed by atoms with van der Waals surface area (Å²) in [6, 6.07) is 9.54. The third kappa shape index (κ3) is 4.22. The lowest BCUT2D eigenvalue weighted by Crippen LogP contribution is -2.35. The Labute approximate surface area is 142 Å². The maximum atomic E-state index is 12.6. The molecule has 1 aromatic carbocycles. The van der Waals surface area contributed by atoms with E-state index in [1.165, 1.54) is 0 Å². The number of hydrogen-bond donors (Lipinski definition) is 1. The van der Waals surface area contributed by atoms with Gasteiger partial charge in [0.05, 0.1) is 5.57 Å². The van der Waals surface area contributed by atoms with E-state index in [1.54, 1.807) is 6.92 Å². The second kappa shape index (κ2) is 8.29. The summed E-state index contributed by atoms with van der Waals surface area (Å²) in [5.41, 5.74) is 2.97. The molecular formula is C20H23NO3. The molecule has 0 radical (unpaired) electrons. The highest BCUT2D eigenvalue weighted by atomic mass is 16.5. The fourth-order valence-electron chi connectivity index (χ4n) is 2.86. The number of allylic oxidation sites excluding steroid dienone is 5. The number of esters is 1. The minimum atomic E-state index is -0.384. The summed E-state index contributed by atoms with van der Waals surface area (Å²) in [6.45, 7) is 5.78. The highest BCUT2D eigenvalue weighted by Crippen LogP contribution is 2.31. The van der Waals surface area contributed by atoms with Gasteiger partial charge in [0.15, 0.2) is 0 Å². The molecular weight excluding hydrogens is 302 g/mol. The van der Waals surface area contributed by atoms with Crippen LogP contribution in [0.2, 0.25) is 0 Å². The summed E-state index contributed by atoms with van der Waals surface area (Å²) in [6.07, 6.45) is 6.02. The molecule has 0 aromatic heterocycles. The van der Waals surface area contributed by atoms with Crippen LogP contribution in [-0.4, -0.2) is 11.9 Å². The van der Waals surface area contributed by atoms with Gasteiger partial charge in [-0.05, 0) is 31.9 Å². The van der Waals surface area contributed by atoms with Crippen LogP contribution in [0.4, 0.5) is 0 Å². The van der Waals surface area contributed by atoms with E-state index in [0.717, 1.165) is 11.1 Å². The van der Waals surface area contributed by atoms with E-state index in [0.29, 0.717) is 11.3 Å². The highest BCUT2D eigenvalue weighted by molar-refractivity contribution is 5.95. The maximum Gasteiger partial charge on any atom is 0.336 e.